The van der Waals surface area contributed by atoms with Crippen LogP contribution in [0.1, 0.15) is 12.0 Å². The van der Waals surface area contributed by atoms with Crippen LogP contribution in [0.3, 0.4) is 0 Å². The van der Waals surface area contributed by atoms with Gasteiger partial charge in [0.2, 0.25) is 5.91 Å². The predicted molar refractivity (Wildman–Crippen MR) is 127 cm³/mol. The van der Waals surface area contributed by atoms with Gasteiger partial charge in [0.15, 0.2) is 0 Å². The van der Waals surface area contributed by atoms with E-state index in [1.807, 2.05) is 12.1 Å². The average molecular weight is 472 g/mol. The highest BCUT2D eigenvalue weighted by molar-refractivity contribution is 5.79. The fourth-order valence-electron chi connectivity index (χ4n) is 4.68. The number of carbonyl (C=O) groups excluding carboxylic acids is 1. The Balaban J connectivity index is 1.34. The third kappa shape index (κ3) is 7.41. The summed E-state index contributed by atoms with van der Waals surface area (Å²) in [7, 11) is 0. The molecule has 0 radical (unpaired) electrons. The molecule has 2 N–H and O–H groups in total. The summed E-state index contributed by atoms with van der Waals surface area (Å²) >= 11 is 0. The molecule has 0 aromatic heterocycles. The molecular formula is C26H34FN3O4. The molecule has 0 spiro atoms. The number of nitrogens with zero attached hydrogens (tertiary/aromatic N) is 2. The molecule has 2 atom stereocenters. The van der Waals surface area contributed by atoms with E-state index in [2.05, 4.69) is 15.1 Å². The molecule has 2 aliphatic heterocycles. The molecule has 34 heavy (non-hydrogen) atoms. The van der Waals surface area contributed by atoms with Crippen LogP contribution >= 0.6 is 0 Å². The molecule has 7 nitrogen and oxygen atoms in total. The Morgan fingerprint density at radius 1 is 1.12 bits per heavy atom. The summed E-state index contributed by atoms with van der Waals surface area (Å²) in [5, 5.41) is 12.7. The van der Waals surface area contributed by atoms with Crippen molar-refractivity contribution in [3.8, 4) is 11.5 Å². The lowest BCUT2D eigenvalue weighted by molar-refractivity contribution is -0.127. The van der Waals surface area contributed by atoms with Gasteiger partial charge in [-0.3, -0.25) is 14.6 Å². The number of nitrogens with one attached hydrogen (secondary N) is 1. The second-order valence-corrected chi connectivity index (χ2v) is 9.17. The molecule has 0 saturated carbocycles. The van der Waals surface area contributed by atoms with E-state index < -0.39 is 0 Å². The number of amides is 1. The summed E-state index contributed by atoms with van der Waals surface area (Å²) in [6.45, 7) is 7.31. The van der Waals surface area contributed by atoms with Crippen LogP contribution in [0.25, 0.3) is 0 Å². The number of phenolic OH excluding ortho intramolecular Hbond substituents is 1. The van der Waals surface area contributed by atoms with Gasteiger partial charge in [-0.2, -0.15) is 0 Å². The van der Waals surface area contributed by atoms with Crippen molar-refractivity contribution in [2.24, 2.45) is 11.8 Å². The van der Waals surface area contributed by atoms with Crippen LogP contribution in [0.5, 0.6) is 11.5 Å². The number of morpholine rings is 1. The van der Waals surface area contributed by atoms with E-state index in [0.717, 1.165) is 51.4 Å². The zero-order chi connectivity index (χ0) is 23.8. The smallest absolute Gasteiger partial charge is 0.224 e. The third-order valence-electron chi connectivity index (χ3n) is 6.44. The lowest BCUT2D eigenvalue weighted by atomic mass is 9.88. The van der Waals surface area contributed by atoms with Gasteiger partial charge in [-0.15, -0.1) is 0 Å². The molecule has 2 aromatic carbocycles. The number of benzene rings is 2. The average Bonchev–Trinajstić information content (AvgIpc) is 2.85. The molecule has 4 rings (SSSR count). The number of hydrogen-bond acceptors (Lipinski definition) is 6. The van der Waals surface area contributed by atoms with Crippen LogP contribution in [0, 0.1) is 17.7 Å². The highest BCUT2D eigenvalue weighted by Crippen LogP contribution is 2.25. The number of carbonyl (C=O) groups is 1. The van der Waals surface area contributed by atoms with Crippen LogP contribution in [0.2, 0.25) is 0 Å². The number of piperidine rings is 1. The van der Waals surface area contributed by atoms with Gasteiger partial charge < -0.3 is 19.9 Å². The van der Waals surface area contributed by atoms with E-state index in [1.54, 1.807) is 24.3 Å². The fourth-order valence-corrected chi connectivity index (χ4v) is 4.68. The summed E-state index contributed by atoms with van der Waals surface area (Å²) in [5.74, 6) is 0.483. The maximum atomic E-state index is 13.5. The van der Waals surface area contributed by atoms with Crippen molar-refractivity contribution in [2.75, 3.05) is 59.1 Å². The van der Waals surface area contributed by atoms with Crippen molar-refractivity contribution in [2.45, 2.75) is 13.0 Å². The Bertz CT molecular complexity index is 921. The first-order valence-corrected chi connectivity index (χ1v) is 12.0. The van der Waals surface area contributed by atoms with Crippen LogP contribution in [0.15, 0.2) is 48.5 Å². The molecule has 2 heterocycles. The molecule has 0 unspecified atom stereocenters. The molecule has 0 aliphatic carbocycles. The Kier molecular flexibility index (Phi) is 8.73. The molecule has 2 aromatic rings. The highest BCUT2D eigenvalue weighted by Gasteiger charge is 2.32. The Labute approximate surface area is 200 Å². The van der Waals surface area contributed by atoms with Crippen LogP contribution in [-0.2, 0) is 16.1 Å². The van der Waals surface area contributed by atoms with Crippen molar-refractivity contribution >= 4 is 5.91 Å². The molecule has 2 fully saturated rings. The van der Waals surface area contributed by atoms with Crippen LogP contribution in [-0.4, -0.2) is 79.9 Å². The van der Waals surface area contributed by atoms with E-state index in [0.29, 0.717) is 32.0 Å². The SMILES string of the molecule is O=C(NCCN1CCOCC1)[C@@H]1C[C@H](COc2cccc(F)c2)CN(Cc2ccc(O)cc2)C1. The van der Waals surface area contributed by atoms with Gasteiger partial charge in [0.05, 0.1) is 25.7 Å². The topological polar surface area (TPSA) is 74.3 Å². The van der Waals surface area contributed by atoms with Crippen molar-refractivity contribution in [1.29, 1.82) is 0 Å². The first-order chi connectivity index (χ1) is 16.5. The third-order valence-corrected chi connectivity index (χ3v) is 6.44. The van der Waals surface area contributed by atoms with Gasteiger partial charge in [0.1, 0.15) is 17.3 Å². The lowest BCUT2D eigenvalue weighted by Gasteiger charge is -2.37. The molecular weight excluding hydrogens is 437 g/mol. The minimum absolute atomic E-state index is 0.0689. The first-order valence-electron chi connectivity index (χ1n) is 12.0. The number of hydrogen-bond donors (Lipinski definition) is 2. The number of ether oxygens (including phenoxy) is 2. The number of phenols is 1. The number of likely N-dealkylation sites (tertiary alicyclic amines) is 1. The molecule has 0 bridgehead atoms. The van der Waals surface area contributed by atoms with Gasteiger partial charge in [0, 0.05) is 57.8 Å². The number of halogens is 1. The Morgan fingerprint density at radius 2 is 1.91 bits per heavy atom. The van der Waals surface area contributed by atoms with Crippen LogP contribution < -0.4 is 10.1 Å². The summed E-state index contributed by atoms with van der Waals surface area (Å²) < 4.78 is 24.8. The Morgan fingerprint density at radius 3 is 2.68 bits per heavy atom. The zero-order valence-corrected chi connectivity index (χ0v) is 19.5. The first kappa shape index (κ1) is 24.4. The lowest BCUT2D eigenvalue weighted by Crippen LogP contribution is -2.48. The highest BCUT2D eigenvalue weighted by atomic mass is 19.1. The van der Waals surface area contributed by atoms with E-state index in [-0.39, 0.29) is 29.3 Å². The predicted octanol–water partition coefficient (Wildman–Crippen LogP) is 2.50. The summed E-state index contributed by atoms with van der Waals surface area (Å²) in [6.07, 6.45) is 0.727. The minimum Gasteiger partial charge on any atom is -0.508 e. The van der Waals surface area contributed by atoms with Gasteiger partial charge in [0.25, 0.3) is 0 Å². The maximum Gasteiger partial charge on any atom is 0.224 e. The normalized spacial score (nSPS) is 21.8. The Hall–Kier alpha value is -2.68. The summed E-state index contributed by atoms with van der Waals surface area (Å²) in [5.41, 5.74) is 1.08. The van der Waals surface area contributed by atoms with E-state index >= 15 is 0 Å². The van der Waals surface area contributed by atoms with Crippen molar-refractivity contribution in [3.63, 3.8) is 0 Å². The van der Waals surface area contributed by atoms with Gasteiger partial charge in [-0.25, -0.2) is 4.39 Å². The van der Waals surface area contributed by atoms with Gasteiger partial charge >= 0.3 is 0 Å². The maximum absolute atomic E-state index is 13.5. The second-order valence-electron chi connectivity index (χ2n) is 9.17. The van der Waals surface area contributed by atoms with Gasteiger partial charge in [-0.05, 0) is 36.2 Å². The van der Waals surface area contributed by atoms with Gasteiger partial charge in [-0.1, -0.05) is 18.2 Å². The minimum atomic E-state index is -0.326. The molecule has 8 heteroatoms. The standard InChI is InChI=1S/C26H34FN3O4/c27-23-2-1-3-25(15-23)34-19-21-14-22(26(32)28-8-9-29-10-12-33-13-11-29)18-30(17-21)16-20-4-6-24(31)7-5-20/h1-7,15,21-22,31H,8-14,16-19H2,(H,28,32)/t21-,22+/m0/s1. The van der Waals surface area contributed by atoms with E-state index in [9.17, 15) is 14.3 Å². The fraction of sp³-hybridized carbons (Fsp3) is 0.500. The summed E-state index contributed by atoms with van der Waals surface area (Å²) in [4.78, 5) is 17.6. The van der Waals surface area contributed by atoms with E-state index in [4.69, 9.17) is 9.47 Å². The summed E-state index contributed by atoms with van der Waals surface area (Å²) in [6, 6.07) is 13.3. The number of rotatable bonds is 9. The zero-order valence-electron chi connectivity index (χ0n) is 19.5. The molecule has 1 amide bonds. The van der Waals surface area contributed by atoms with E-state index in [1.165, 1.54) is 12.1 Å². The second kappa shape index (κ2) is 12.1. The molecule has 2 aliphatic rings. The molecule has 184 valence electrons. The van der Waals surface area contributed by atoms with Crippen LogP contribution in [0.4, 0.5) is 4.39 Å². The quantitative estimate of drug-likeness (QED) is 0.586. The van der Waals surface area contributed by atoms with Crippen molar-refractivity contribution < 1.29 is 23.8 Å². The molecule has 2 saturated heterocycles. The monoisotopic (exact) mass is 471 g/mol. The van der Waals surface area contributed by atoms with Crippen molar-refractivity contribution in [3.05, 3.63) is 59.9 Å². The largest absolute Gasteiger partial charge is 0.508 e. The number of aromatic hydroxyl groups is 1. The van der Waals surface area contributed by atoms with Crippen molar-refractivity contribution in [1.82, 2.24) is 15.1 Å².